The summed E-state index contributed by atoms with van der Waals surface area (Å²) in [6, 6.07) is 11.9. The molecule has 24 heavy (non-hydrogen) atoms. The van der Waals surface area contributed by atoms with Gasteiger partial charge in [0.2, 0.25) is 0 Å². The maximum atomic E-state index is 12.8. The van der Waals surface area contributed by atoms with Gasteiger partial charge in [-0.1, -0.05) is 24.3 Å². The van der Waals surface area contributed by atoms with E-state index in [-0.39, 0.29) is 23.2 Å². The van der Waals surface area contributed by atoms with Crippen LogP contribution in [0.15, 0.2) is 48.5 Å². The van der Waals surface area contributed by atoms with Crippen molar-refractivity contribution in [3.8, 4) is 5.75 Å². The number of nitro groups is 1. The molecule has 0 unspecified atom stereocenters. The van der Waals surface area contributed by atoms with Crippen molar-refractivity contribution in [2.75, 3.05) is 6.54 Å². The van der Waals surface area contributed by atoms with E-state index in [9.17, 15) is 19.3 Å². The third kappa shape index (κ3) is 4.77. The van der Waals surface area contributed by atoms with Crippen molar-refractivity contribution in [2.45, 2.75) is 19.4 Å². The summed E-state index contributed by atoms with van der Waals surface area (Å²) in [6.07, 6.45) is -0.330. The summed E-state index contributed by atoms with van der Waals surface area (Å²) in [7, 11) is 0. The predicted molar refractivity (Wildman–Crippen MR) is 86.3 cm³/mol. The Labute approximate surface area is 138 Å². The first-order chi connectivity index (χ1) is 11.5. The molecule has 0 bridgehead atoms. The summed E-state index contributed by atoms with van der Waals surface area (Å²) in [5.74, 6) is -0.645. The number of carbonyl (C=O) groups is 1. The highest BCUT2D eigenvalue weighted by Gasteiger charge is 2.20. The van der Waals surface area contributed by atoms with Gasteiger partial charge in [-0.2, -0.15) is 0 Å². The molecule has 0 aromatic heterocycles. The number of nitro benzene ring substituents is 1. The first-order valence-electron chi connectivity index (χ1n) is 7.39. The van der Waals surface area contributed by atoms with E-state index in [0.29, 0.717) is 13.0 Å². The molecule has 0 aliphatic carbocycles. The number of halogens is 1. The number of nitrogens with one attached hydrogen (secondary N) is 1. The molecule has 1 atom stereocenters. The number of nitrogens with zero attached hydrogens (tertiary/aromatic N) is 1. The number of hydrogen-bond acceptors (Lipinski definition) is 4. The molecule has 1 N–H and O–H groups in total. The maximum absolute atomic E-state index is 12.8. The van der Waals surface area contributed by atoms with Gasteiger partial charge in [-0.05, 0) is 37.1 Å². The predicted octanol–water partition coefficient (Wildman–Crippen LogP) is 2.86. The second-order valence-corrected chi connectivity index (χ2v) is 5.15. The molecule has 0 aliphatic rings. The van der Waals surface area contributed by atoms with E-state index in [0.717, 1.165) is 5.56 Å². The Bertz CT molecular complexity index is 719. The summed E-state index contributed by atoms with van der Waals surface area (Å²) in [4.78, 5) is 22.4. The van der Waals surface area contributed by atoms with Crippen LogP contribution in [-0.4, -0.2) is 23.5 Å². The van der Waals surface area contributed by atoms with Gasteiger partial charge in [-0.15, -0.1) is 0 Å². The molecule has 0 heterocycles. The van der Waals surface area contributed by atoms with E-state index in [4.69, 9.17) is 4.74 Å². The van der Waals surface area contributed by atoms with E-state index in [1.165, 1.54) is 37.3 Å². The second-order valence-electron chi connectivity index (χ2n) is 5.15. The first-order valence-corrected chi connectivity index (χ1v) is 7.39. The molecule has 0 spiro atoms. The van der Waals surface area contributed by atoms with Crippen molar-refractivity contribution in [2.24, 2.45) is 0 Å². The highest BCUT2D eigenvalue weighted by atomic mass is 19.1. The van der Waals surface area contributed by atoms with E-state index >= 15 is 0 Å². The summed E-state index contributed by atoms with van der Waals surface area (Å²) in [5.41, 5.74) is 0.701. The molecule has 2 rings (SSSR count). The molecule has 0 saturated carbocycles. The zero-order valence-corrected chi connectivity index (χ0v) is 13.1. The number of hydrogen-bond donors (Lipinski definition) is 1. The largest absolute Gasteiger partial charge is 0.474 e. The number of rotatable bonds is 7. The van der Waals surface area contributed by atoms with Gasteiger partial charge in [-0.25, -0.2) is 4.39 Å². The van der Waals surface area contributed by atoms with Gasteiger partial charge in [-0.3, -0.25) is 14.9 Å². The lowest BCUT2D eigenvalue weighted by atomic mass is 10.1. The van der Waals surface area contributed by atoms with Gasteiger partial charge >= 0.3 is 5.69 Å². The fourth-order valence-electron chi connectivity index (χ4n) is 2.08. The highest BCUT2D eigenvalue weighted by Crippen LogP contribution is 2.26. The van der Waals surface area contributed by atoms with Crippen LogP contribution in [-0.2, 0) is 11.2 Å². The van der Waals surface area contributed by atoms with Crippen LogP contribution in [0.1, 0.15) is 12.5 Å². The van der Waals surface area contributed by atoms with Crippen LogP contribution >= 0.6 is 0 Å². The van der Waals surface area contributed by atoms with Crippen molar-refractivity contribution >= 4 is 11.6 Å². The molecule has 7 heteroatoms. The molecule has 0 radical (unpaired) electrons. The standard InChI is InChI=1S/C17H17FN2O4/c1-12(24-16-5-3-2-4-15(16)20(22)23)17(21)19-11-10-13-6-8-14(18)9-7-13/h2-9,12H,10-11H2,1H3,(H,19,21)/t12-/m0/s1. The summed E-state index contributed by atoms with van der Waals surface area (Å²) >= 11 is 0. The SMILES string of the molecule is C[C@H](Oc1ccccc1[N+](=O)[O-])C(=O)NCCc1ccc(F)cc1. The Morgan fingerprint density at radius 3 is 2.58 bits per heavy atom. The van der Waals surface area contributed by atoms with Crippen LogP contribution in [0.25, 0.3) is 0 Å². The second kappa shape index (κ2) is 8.05. The van der Waals surface area contributed by atoms with Crippen molar-refractivity contribution in [3.63, 3.8) is 0 Å². The van der Waals surface area contributed by atoms with Crippen molar-refractivity contribution in [3.05, 3.63) is 70.0 Å². The minimum absolute atomic E-state index is 0.0451. The third-order valence-corrected chi connectivity index (χ3v) is 3.36. The zero-order chi connectivity index (χ0) is 17.5. The van der Waals surface area contributed by atoms with Crippen molar-refractivity contribution in [1.29, 1.82) is 0 Å². The fourth-order valence-corrected chi connectivity index (χ4v) is 2.08. The molecule has 0 aliphatic heterocycles. The quantitative estimate of drug-likeness (QED) is 0.624. The average Bonchev–Trinajstić information content (AvgIpc) is 2.56. The Morgan fingerprint density at radius 1 is 1.25 bits per heavy atom. The van der Waals surface area contributed by atoms with Gasteiger partial charge in [0, 0.05) is 12.6 Å². The van der Waals surface area contributed by atoms with Gasteiger partial charge in [0.05, 0.1) is 4.92 Å². The Balaban J connectivity index is 1.86. The van der Waals surface area contributed by atoms with Crippen molar-refractivity contribution < 1.29 is 18.8 Å². The van der Waals surface area contributed by atoms with E-state index in [1.807, 2.05) is 0 Å². The molecule has 2 aromatic rings. The average molecular weight is 332 g/mol. The lowest BCUT2D eigenvalue weighted by Gasteiger charge is -2.14. The molecule has 0 saturated heterocycles. The normalized spacial score (nSPS) is 11.6. The maximum Gasteiger partial charge on any atom is 0.310 e. The number of ether oxygens (including phenoxy) is 1. The van der Waals surface area contributed by atoms with Crippen LogP contribution in [0.3, 0.4) is 0 Å². The molecule has 0 fully saturated rings. The Morgan fingerprint density at radius 2 is 1.92 bits per heavy atom. The van der Waals surface area contributed by atoms with Crippen LogP contribution < -0.4 is 10.1 Å². The molecule has 2 aromatic carbocycles. The lowest BCUT2D eigenvalue weighted by molar-refractivity contribution is -0.386. The number of amides is 1. The monoisotopic (exact) mass is 332 g/mol. The number of benzene rings is 2. The van der Waals surface area contributed by atoms with Gasteiger partial charge in [0.25, 0.3) is 5.91 Å². The number of carbonyl (C=O) groups excluding carboxylic acids is 1. The topological polar surface area (TPSA) is 81.5 Å². The van der Waals surface area contributed by atoms with Crippen molar-refractivity contribution in [1.82, 2.24) is 5.32 Å². The van der Waals surface area contributed by atoms with E-state index in [1.54, 1.807) is 18.2 Å². The smallest absolute Gasteiger partial charge is 0.310 e. The van der Waals surface area contributed by atoms with Gasteiger partial charge < -0.3 is 10.1 Å². The number of para-hydroxylation sites is 2. The fraction of sp³-hybridized carbons (Fsp3) is 0.235. The van der Waals surface area contributed by atoms with Crippen LogP contribution in [0.4, 0.5) is 10.1 Å². The van der Waals surface area contributed by atoms with Gasteiger partial charge in [0.1, 0.15) is 5.82 Å². The third-order valence-electron chi connectivity index (χ3n) is 3.36. The molecule has 1 amide bonds. The molecular formula is C17H17FN2O4. The minimum atomic E-state index is -0.876. The van der Waals surface area contributed by atoms with Gasteiger partial charge in [0.15, 0.2) is 11.9 Å². The summed E-state index contributed by atoms with van der Waals surface area (Å²) < 4.78 is 18.2. The first kappa shape index (κ1) is 17.4. The Hall–Kier alpha value is -2.96. The Kier molecular flexibility index (Phi) is 5.83. The summed E-state index contributed by atoms with van der Waals surface area (Å²) in [5, 5.41) is 13.6. The van der Waals surface area contributed by atoms with E-state index < -0.39 is 11.0 Å². The lowest BCUT2D eigenvalue weighted by Crippen LogP contribution is -2.37. The summed E-state index contributed by atoms with van der Waals surface area (Å²) in [6.45, 7) is 1.87. The van der Waals surface area contributed by atoms with Crippen LogP contribution in [0.5, 0.6) is 5.75 Å². The minimum Gasteiger partial charge on any atom is -0.474 e. The zero-order valence-electron chi connectivity index (χ0n) is 13.1. The highest BCUT2D eigenvalue weighted by molar-refractivity contribution is 5.80. The van der Waals surface area contributed by atoms with Crippen LogP contribution in [0.2, 0.25) is 0 Å². The molecular weight excluding hydrogens is 315 g/mol. The van der Waals surface area contributed by atoms with Crippen LogP contribution in [0, 0.1) is 15.9 Å². The van der Waals surface area contributed by atoms with E-state index in [2.05, 4.69) is 5.32 Å². The molecule has 6 nitrogen and oxygen atoms in total. The molecule has 126 valence electrons.